The molecule has 0 saturated carbocycles. The van der Waals surface area contributed by atoms with E-state index in [2.05, 4.69) is 39.3 Å². The summed E-state index contributed by atoms with van der Waals surface area (Å²) < 4.78 is 0. The van der Waals surface area contributed by atoms with Gasteiger partial charge in [-0.05, 0) is 31.2 Å². The minimum Gasteiger partial charge on any atom is -0.305 e. The van der Waals surface area contributed by atoms with Crippen molar-refractivity contribution in [1.29, 1.82) is 0 Å². The summed E-state index contributed by atoms with van der Waals surface area (Å²) in [5.41, 5.74) is 4.14. The third-order valence-electron chi connectivity index (χ3n) is 3.47. The van der Waals surface area contributed by atoms with E-state index in [0.717, 1.165) is 28.8 Å². The number of aromatic nitrogens is 3. The molecular formula is C17H18N4. The van der Waals surface area contributed by atoms with Gasteiger partial charge in [-0.2, -0.15) is 0 Å². The largest absolute Gasteiger partial charge is 0.305 e. The predicted octanol–water partition coefficient (Wildman–Crippen LogP) is 3.03. The molecule has 4 nitrogen and oxygen atoms in total. The summed E-state index contributed by atoms with van der Waals surface area (Å²) in [6, 6.07) is 10.4. The number of rotatable bonds is 4. The molecule has 0 aliphatic rings. The van der Waals surface area contributed by atoms with Crippen LogP contribution in [0.3, 0.4) is 0 Å². The monoisotopic (exact) mass is 278 g/mol. The lowest BCUT2D eigenvalue weighted by Crippen LogP contribution is -2.23. The Morgan fingerprint density at radius 2 is 2.05 bits per heavy atom. The smallest absolute Gasteiger partial charge is 0.0801 e. The van der Waals surface area contributed by atoms with Crippen LogP contribution in [0.2, 0.25) is 0 Å². The molecule has 0 spiro atoms. The minimum absolute atomic E-state index is 0.0234. The Hall–Kier alpha value is -2.33. The van der Waals surface area contributed by atoms with E-state index in [0.29, 0.717) is 0 Å². The van der Waals surface area contributed by atoms with Gasteiger partial charge in [0.15, 0.2) is 0 Å². The summed E-state index contributed by atoms with van der Waals surface area (Å²) in [6.07, 6.45) is 5.25. The zero-order chi connectivity index (χ0) is 14.7. The molecule has 0 bridgehead atoms. The highest BCUT2D eigenvalue weighted by molar-refractivity contribution is 5.83. The van der Waals surface area contributed by atoms with Gasteiger partial charge in [-0.3, -0.25) is 15.0 Å². The number of pyridine rings is 1. The van der Waals surface area contributed by atoms with Crippen LogP contribution >= 0.6 is 0 Å². The highest BCUT2D eigenvalue weighted by Gasteiger charge is 2.18. The van der Waals surface area contributed by atoms with E-state index in [-0.39, 0.29) is 6.04 Å². The zero-order valence-corrected chi connectivity index (χ0v) is 12.2. The molecule has 0 amide bonds. The maximum atomic E-state index is 4.61. The molecule has 0 aliphatic carbocycles. The van der Waals surface area contributed by atoms with Crippen LogP contribution in [0, 0.1) is 6.92 Å². The Balaban J connectivity index is 2.20. The van der Waals surface area contributed by atoms with Crippen LogP contribution < -0.4 is 5.32 Å². The normalized spacial score (nSPS) is 12.5. The van der Waals surface area contributed by atoms with Crippen molar-refractivity contribution in [2.75, 3.05) is 6.54 Å². The Bertz CT molecular complexity index is 740. The molecule has 1 N–H and O–H groups in total. The lowest BCUT2D eigenvalue weighted by atomic mass is 9.98. The van der Waals surface area contributed by atoms with Crippen molar-refractivity contribution in [3.05, 3.63) is 65.9 Å². The molecule has 2 heterocycles. The molecule has 1 unspecified atom stereocenters. The number of aryl methyl sites for hydroxylation is 1. The van der Waals surface area contributed by atoms with E-state index < -0.39 is 0 Å². The van der Waals surface area contributed by atoms with E-state index in [1.807, 2.05) is 31.3 Å². The van der Waals surface area contributed by atoms with Gasteiger partial charge in [-0.25, -0.2) is 0 Å². The maximum Gasteiger partial charge on any atom is 0.0801 e. The first-order valence-electron chi connectivity index (χ1n) is 7.15. The van der Waals surface area contributed by atoms with Gasteiger partial charge in [0.25, 0.3) is 0 Å². The molecule has 0 aliphatic heterocycles. The molecule has 3 aromatic rings. The molecule has 106 valence electrons. The van der Waals surface area contributed by atoms with Gasteiger partial charge < -0.3 is 5.32 Å². The van der Waals surface area contributed by atoms with E-state index in [4.69, 9.17) is 0 Å². The van der Waals surface area contributed by atoms with Crippen LogP contribution in [0.5, 0.6) is 0 Å². The number of benzene rings is 1. The first-order valence-corrected chi connectivity index (χ1v) is 7.15. The zero-order valence-electron chi connectivity index (χ0n) is 12.2. The molecule has 1 atom stereocenters. The summed E-state index contributed by atoms with van der Waals surface area (Å²) >= 11 is 0. The predicted molar refractivity (Wildman–Crippen MR) is 84.0 cm³/mol. The highest BCUT2D eigenvalue weighted by atomic mass is 14.9. The first kappa shape index (κ1) is 13.6. The number of hydrogen-bond acceptors (Lipinski definition) is 4. The van der Waals surface area contributed by atoms with Gasteiger partial charge in [0.05, 0.1) is 23.4 Å². The summed E-state index contributed by atoms with van der Waals surface area (Å²) in [6.45, 7) is 4.98. The van der Waals surface area contributed by atoms with Gasteiger partial charge >= 0.3 is 0 Å². The van der Waals surface area contributed by atoms with E-state index in [1.165, 1.54) is 5.56 Å². The van der Waals surface area contributed by atoms with E-state index in [1.54, 1.807) is 12.4 Å². The Morgan fingerprint density at radius 1 is 1.19 bits per heavy atom. The molecule has 0 saturated heterocycles. The van der Waals surface area contributed by atoms with Crippen LogP contribution in [0.25, 0.3) is 10.9 Å². The van der Waals surface area contributed by atoms with E-state index >= 15 is 0 Å². The molecule has 2 aromatic heterocycles. The molecule has 0 fully saturated rings. The third kappa shape index (κ3) is 2.76. The first-order chi connectivity index (χ1) is 10.3. The van der Waals surface area contributed by atoms with Crippen molar-refractivity contribution in [3.8, 4) is 0 Å². The van der Waals surface area contributed by atoms with E-state index in [9.17, 15) is 0 Å². The number of nitrogens with zero attached hydrogens (tertiary/aromatic N) is 3. The highest BCUT2D eigenvalue weighted by Crippen LogP contribution is 2.27. The summed E-state index contributed by atoms with van der Waals surface area (Å²) in [7, 11) is 0. The van der Waals surface area contributed by atoms with Crippen molar-refractivity contribution in [1.82, 2.24) is 20.3 Å². The van der Waals surface area contributed by atoms with Crippen molar-refractivity contribution in [2.45, 2.75) is 19.9 Å². The van der Waals surface area contributed by atoms with Gasteiger partial charge in [0, 0.05) is 23.5 Å². The number of nitrogens with one attached hydrogen (secondary N) is 1. The van der Waals surface area contributed by atoms with Gasteiger partial charge in [0.1, 0.15) is 0 Å². The van der Waals surface area contributed by atoms with Crippen LogP contribution in [-0.4, -0.2) is 21.5 Å². The van der Waals surface area contributed by atoms with Gasteiger partial charge in [-0.15, -0.1) is 0 Å². The third-order valence-corrected chi connectivity index (χ3v) is 3.47. The topological polar surface area (TPSA) is 50.7 Å². The van der Waals surface area contributed by atoms with Crippen LogP contribution in [0.1, 0.15) is 29.9 Å². The average Bonchev–Trinajstić information content (AvgIpc) is 2.52. The second-order valence-corrected chi connectivity index (χ2v) is 4.99. The lowest BCUT2D eigenvalue weighted by molar-refractivity contribution is 0.615. The van der Waals surface area contributed by atoms with Crippen LogP contribution in [0.4, 0.5) is 0 Å². The Kier molecular flexibility index (Phi) is 3.88. The summed E-state index contributed by atoms with van der Waals surface area (Å²) in [5, 5.41) is 4.66. The van der Waals surface area contributed by atoms with Crippen molar-refractivity contribution in [2.24, 2.45) is 0 Å². The minimum atomic E-state index is 0.0234. The van der Waals surface area contributed by atoms with Crippen molar-refractivity contribution < 1.29 is 0 Å². The lowest BCUT2D eigenvalue weighted by Gasteiger charge is -2.19. The fourth-order valence-electron chi connectivity index (χ4n) is 2.62. The average molecular weight is 278 g/mol. The number of hydrogen-bond donors (Lipinski definition) is 1. The second kappa shape index (κ2) is 5.97. The second-order valence-electron chi connectivity index (χ2n) is 4.99. The molecular weight excluding hydrogens is 260 g/mol. The van der Waals surface area contributed by atoms with Crippen molar-refractivity contribution in [3.63, 3.8) is 0 Å². The number of para-hydroxylation sites is 1. The quantitative estimate of drug-likeness (QED) is 0.797. The standard InChI is InChI=1S/C17H18N4/c1-3-19-17(16-11-18-8-9-20-16)14-10-12(2)21-15-7-5-4-6-13(14)15/h4-11,17,19H,3H2,1-2H3. The Morgan fingerprint density at radius 3 is 2.81 bits per heavy atom. The molecule has 21 heavy (non-hydrogen) atoms. The number of fused-ring (bicyclic) bond motifs is 1. The van der Waals surface area contributed by atoms with Crippen LogP contribution in [0.15, 0.2) is 48.9 Å². The summed E-state index contributed by atoms with van der Waals surface area (Å²) in [5.74, 6) is 0. The van der Waals surface area contributed by atoms with Crippen molar-refractivity contribution >= 4 is 10.9 Å². The molecule has 4 heteroatoms. The molecule has 1 aromatic carbocycles. The fraction of sp³-hybridized carbons (Fsp3) is 0.235. The Labute approximate surface area is 124 Å². The van der Waals surface area contributed by atoms with Gasteiger partial charge in [-0.1, -0.05) is 25.1 Å². The fourth-order valence-corrected chi connectivity index (χ4v) is 2.62. The molecule has 0 radical (unpaired) electrons. The summed E-state index contributed by atoms with van der Waals surface area (Å²) in [4.78, 5) is 13.3. The molecule has 3 rings (SSSR count). The maximum absolute atomic E-state index is 4.61. The SMILES string of the molecule is CCNC(c1cnccn1)c1cc(C)nc2ccccc12. The van der Waals surface area contributed by atoms with Crippen LogP contribution in [-0.2, 0) is 0 Å². The van der Waals surface area contributed by atoms with Gasteiger partial charge in [0.2, 0.25) is 0 Å².